The minimum Gasteiger partial charge on any atom is -0.478 e. The van der Waals surface area contributed by atoms with Crippen LogP contribution in [0.25, 0.3) is 0 Å². The third-order valence-corrected chi connectivity index (χ3v) is 6.51. The minimum absolute atomic E-state index is 0.271. The summed E-state index contributed by atoms with van der Waals surface area (Å²) in [4.78, 5) is 15.4. The van der Waals surface area contributed by atoms with Crippen LogP contribution in [0.5, 0.6) is 0 Å². The lowest BCUT2D eigenvalue weighted by Crippen LogP contribution is -2.29. The van der Waals surface area contributed by atoms with Crippen molar-refractivity contribution >= 4 is 17.7 Å². The van der Waals surface area contributed by atoms with Gasteiger partial charge in [0.25, 0.3) is 0 Å². The van der Waals surface area contributed by atoms with E-state index in [4.69, 9.17) is 0 Å². The summed E-state index contributed by atoms with van der Waals surface area (Å²) in [7, 11) is 0. The van der Waals surface area contributed by atoms with E-state index in [0.717, 1.165) is 31.6 Å². The Morgan fingerprint density at radius 3 is 2.36 bits per heavy atom. The first kappa shape index (κ1) is 20.3. The third-order valence-electron chi connectivity index (χ3n) is 5.15. The molecular weight excluding hydrogens is 366 g/mol. The topological polar surface area (TPSA) is 40.5 Å². The van der Waals surface area contributed by atoms with Crippen LogP contribution in [0.1, 0.15) is 32.3 Å². The van der Waals surface area contributed by atoms with Crippen molar-refractivity contribution in [2.24, 2.45) is 0 Å². The van der Waals surface area contributed by atoms with Crippen LogP contribution in [0.2, 0.25) is 0 Å². The van der Waals surface area contributed by atoms with Crippen molar-refractivity contribution in [2.45, 2.75) is 43.4 Å². The summed E-state index contributed by atoms with van der Waals surface area (Å²) in [5, 5.41) is 10.1. The molecule has 1 N–H and O–H groups in total. The maximum atomic E-state index is 12.0. The van der Waals surface area contributed by atoms with E-state index in [9.17, 15) is 9.90 Å². The molecular formula is C24H27NO2S. The van der Waals surface area contributed by atoms with Crippen LogP contribution in [-0.4, -0.2) is 27.8 Å². The number of carbonyl (C=O) groups is 1. The summed E-state index contributed by atoms with van der Waals surface area (Å²) in [6.07, 6.45) is 3.75. The first-order chi connectivity index (χ1) is 13.6. The zero-order chi connectivity index (χ0) is 19.9. The molecule has 0 saturated carbocycles. The molecule has 0 amide bonds. The maximum Gasteiger partial charge on any atom is 0.337 e. The zero-order valence-corrected chi connectivity index (χ0v) is 17.3. The fourth-order valence-corrected chi connectivity index (χ4v) is 4.78. The van der Waals surface area contributed by atoms with E-state index in [0.29, 0.717) is 5.57 Å². The van der Waals surface area contributed by atoms with Crippen molar-refractivity contribution in [1.29, 1.82) is 0 Å². The number of rotatable bonds is 6. The van der Waals surface area contributed by atoms with Gasteiger partial charge in [0, 0.05) is 28.9 Å². The molecule has 3 nitrogen and oxygen atoms in total. The first-order valence-electron chi connectivity index (χ1n) is 9.73. The van der Waals surface area contributed by atoms with E-state index in [2.05, 4.69) is 48.2 Å². The monoisotopic (exact) mass is 393 g/mol. The molecule has 146 valence electrons. The van der Waals surface area contributed by atoms with Crippen LogP contribution < -0.4 is 0 Å². The number of carboxylic acids is 1. The van der Waals surface area contributed by atoms with Gasteiger partial charge >= 0.3 is 5.97 Å². The Morgan fingerprint density at radius 2 is 1.75 bits per heavy atom. The number of nitrogens with zero attached hydrogens (tertiary/aromatic N) is 1. The van der Waals surface area contributed by atoms with E-state index >= 15 is 0 Å². The Balaban J connectivity index is 1.94. The minimum atomic E-state index is -0.855. The summed E-state index contributed by atoms with van der Waals surface area (Å²) in [6.45, 7) is 5.60. The fourth-order valence-electron chi connectivity index (χ4n) is 3.52. The van der Waals surface area contributed by atoms with Gasteiger partial charge in [0.05, 0.1) is 5.57 Å². The van der Waals surface area contributed by atoms with Crippen molar-refractivity contribution < 1.29 is 9.90 Å². The molecule has 0 bridgehead atoms. The average Bonchev–Trinajstić information content (AvgIpc) is 2.71. The van der Waals surface area contributed by atoms with Gasteiger partial charge in [-0.3, -0.25) is 0 Å². The van der Waals surface area contributed by atoms with E-state index in [1.165, 1.54) is 16.0 Å². The second-order valence-electron chi connectivity index (χ2n) is 6.99. The lowest BCUT2D eigenvalue weighted by atomic mass is 9.99. The Bertz CT molecular complexity index is 859. The number of thioether (sulfide) groups is 1. The summed E-state index contributed by atoms with van der Waals surface area (Å²) in [5.74, 6) is -0.855. The smallest absolute Gasteiger partial charge is 0.337 e. The van der Waals surface area contributed by atoms with Crippen LogP contribution in [0.15, 0.2) is 88.5 Å². The molecule has 1 aliphatic heterocycles. The van der Waals surface area contributed by atoms with Gasteiger partial charge in [0.2, 0.25) is 0 Å². The molecule has 1 aliphatic rings. The summed E-state index contributed by atoms with van der Waals surface area (Å²) in [5.41, 5.74) is 3.64. The molecule has 3 rings (SSSR count). The predicted octanol–water partition coefficient (Wildman–Crippen LogP) is 5.75. The van der Waals surface area contributed by atoms with E-state index in [1.807, 2.05) is 49.0 Å². The highest BCUT2D eigenvalue weighted by molar-refractivity contribution is 8.00. The summed E-state index contributed by atoms with van der Waals surface area (Å²) >= 11 is 1.83. The SMILES string of the molecule is CC/C1=C/C(C(=O)O)=C(/C)N(Cc2ccccc2)CCC1Sc1ccccc1. The number of benzene rings is 2. The molecule has 2 aromatic rings. The Labute approximate surface area is 171 Å². The van der Waals surface area contributed by atoms with Crippen molar-refractivity contribution in [1.82, 2.24) is 4.90 Å². The van der Waals surface area contributed by atoms with Crippen LogP contribution >= 0.6 is 11.8 Å². The molecule has 1 heterocycles. The van der Waals surface area contributed by atoms with Crippen molar-refractivity contribution in [2.75, 3.05) is 6.54 Å². The zero-order valence-electron chi connectivity index (χ0n) is 16.5. The van der Waals surface area contributed by atoms with Crippen LogP contribution in [0.4, 0.5) is 0 Å². The van der Waals surface area contributed by atoms with Crippen LogP contribution in [-0.2, 0) is 11.3 Å². The third kappa shape index (κ3) is 5.08. The molecule has 1 atom stereocenters. The molecule has 0 spiro atoms. The summed E-state index contributed by atoms with van der Waals surface area (Å²) < 4.78 is 0. The van der Waals surface area contributed by atoms with Gasteiger partial charge < -0.3 is 10.0 Å². The molecule has 0 aliphatic carbocycles. The van der Waals surface area contributed by atoms with Gasteiger partial charge in [-0.15, -0.1) is 11.8 Å². The van der Waals surface area contributed by atoms with Gasteiger partial charge in [-0.25, -0.2) is 4.79 Å². The van der Waals surface area contributed by atoms with Gasteiger partial charge in [0.15, 0.2) is 0 Å². The molecule has 0 saturated heterocycles. The highest BCUT2D eigenvalue weighted by Crippen LogP contribution is 2.35. The van der Waals surface area contributed by atoms with E-state index < -0.39 is 5.97 Å². The van der Waals surface area contributed by atoms with Gasteiger partial charge in [-0.2, -0.15) is 0 Å². The van der Waals surface area contributed by atoms with Gasteiger partial charge in [-0.05, 0) is 43.5 Å². The van der Waals surface area contributed by atoms with Crippen molar-refractivity contribution in [3.63, 3.8) is 0 Å². The van der Waals surface area contributed by atoms with Crippen LogP contribution in [0.3, 0.4) is 0 Å². The highest BCUT2D eigenvalue weighted by atomic mass is 32.2. The Kier molecular flexibility index (Phi) is 6.99. The lowest BCUT2D eigenvalue weighted by molar-refractivity contribution is -0.132. The Hall–Kier alpha value is -2.46. The molecule has 0 radical (unpaired) electrons. The van der Waals surface area contributed by atoms with Crippen molar-refractivity contribution in [3.05, 3.63) is 89.1 Å². The summed E-state index contributed by atoms with van der Waals surface area (Å²) in [6, 6.07) is 20.6. The molecule has 28 heavy (non-hydrogen) atoms. The molecule has 0 aromatic heterocycles. The lowest BCUT2D eigenvalue weighted by Gasteiger charge is -2.32. The standard InChI is InChI=1S/C24H27NO2S/c1-3-20-16-22(24(26)27)18(2)25(17-19-10-6-4-7-11-19)15-14-23(20)28-21-12-8-5-9-13-21/h4-13,16,23H,3,14-15,17H2,1-2H3,(H,26,27)/b20-16-,22-18+. The van der Waals surface area contributed by atoms with E-state index in [1.54, 1.807) is 0 Å². The molecule has 2 aromatic carbocycles. The first-order valence-corrected chi connectivity index (χ1v) is 10.6. The largest absolute Gasteiger partial charge is 0.478 e. The van der Waals surface area contributed by atoms with Crippen molar-refractivity contribution in [3.8, 4) is 0 Å². The normalized spacial score (nSPS) is 22.1. The second kappa shape index (κ2) is 9.65. The number of hydrogen-bond acceptors (Lipinski definition) is 3. The molecule has 0 fully saturated rings. The molecule has 4 heteroatoms. The quantitative estimate of drug-likeness (QED) is 0.678. The van der Waals surface area contributed by atoms with Gasteiger partial charge in [0.1, 0.15) is 0 Å². The average molecular weight is 394 g/mol. The number of aliphatic carboxylic acids is 1. The second-order valence-corrected chi connectivity index (χ2v) is 8.27. The van der Waals surface area contributed by atoms with Gasteiger partial charge in [-0.1, -0.05) is 61.0 Å². The number of carboxylic acid groups (broad SMARTS) is 1. The number of allylic oxidation sites excluding steroid dienone is 1. The maximum absolute atomic E-state index is 12.0. The Morgan fingerprint density at radius 1 is 1.11 bits per heavy atom. The molecule has 1 unspecified atom stereocenters. The predicted molar refractivity (Wildman–Crippen MR) is 116 cm³/mol. The van der Waals surface area contributed by atoms with Crippen LogP contribution in [0, 0.1) is 0 Å². The van der Waals surface area contributed by atoms with E-state index in [-0.39, 0.29) is 5.25 Å². The fraction of sp³-hybridized carbons (Fsp3) is 0.292. The highest BCUT2D eigenvalue weighted by Gasteiger charge is 2.24. The number of hydrogen-bond donors (Lipinski definition) is 1.